The minimum absolute atomic E-state index is 0.0397. The highest BCUT2D eigenvalue weighted by Crippen LogP contribution is 2.41. The molecule has 0 fully saturated rings. The Kier molecular flexibility index (Phi) is 6.81. The lowest BCUT2D eigenvalue weighted by molar-refractivity contribution is -0.129. The number of amides is 1. The maximum atomic E-state index is 13.6. The van der Waals surface area contributed by atoms with Crippen LogP contribution in [-0.4, -0.2) is 56.2 Å². The Morgan fingerprint density at radius 2 is 1.85 bits per heavy atom. The van der Waals surface area contributed by atoms with Gasteiger partial charge in [0, 0.05) is 36.7 Å². The van der Waals surface area contributed by atoms with Crippen molar-refractivity contribution in [3.8, 4) is 11.5 Å². The first kappa shape index (κ1) is 23.7. The van der Waals surface area contributed by atoms with E-state index >= 15 is 0 Å². The predicted octanol–water partition coefficient (Wildman–Crippen LogP) is 4.72. The van der Waals surface area contributed by atoms with E-state index in [-0.39, 0.29) is 17.9 Å². The van der Waals surface area contributed by atoms with Gasteiger partial charge in [0.05, 0.1) is 25.8 Å². The van der Waals surface area contributed by atoms with E-state index in [0.29, 0.717) is 46.1 Å². The van der Waals surface area contributed by atoms with E-state index in [4.69, 9.17) is 30.2 Å². The normalized spacial score (nSPS) is 15.9. The molecule has 0 spiro atoms. The van der Waals surface area contributed by atoms with E-state index in [0.717, 1.165) is 0 Å². The van der Waals surface area contributed by atoms with E-state index in [2.05, 4.69) is 0 Å². The number of carbonyl (C=O) groups excluding carboxylic acids is 2. The van der Waals surface area contributed by atoms with Crippen molar-refractivity contribution in [3.05, 3.63) is 70.1 Å². The molecule has 0 saturated carbocycles. The van der Waals surface area contributed by atoms with Crippen molar-refractivity contribution < 1.29 is 33.3 Å². The Hall–Kier alpha value is -3.49. The van der Waals surface area contributed by atoms with Crippen molar-refractivity contribution in [2.45, 2.75) is 12.5 Å². The highest BCUT2D eigenvalue weighted by Gasteiger charge is 2.44. The molecule has 1 atom stereocenters. The smallest absolute Gasteiger partial charge is 0.290 e. The van der Waals surface area contributed by atoms with Crippen LogP contribution in [0, 0.1) is 0 Å². The molecule has 1 aliphatic heterocycles. The van der Waals surface area contributed by atoms with Crippen molar-refractivity contribution in [3.63, 3.8) is 0 Å². The van der Waals surface area contributed by atoms with Crippen molar-refractivity contribution in [1.82, 2.24) is 4.90 Å². The first-order valence-electron chi connectivity index (χ1n) is 10.6. The van der Waals surface area contributed by atoms with Gasteiger partial charge in [-0.2, -0.15) is 0 Å². The molecule has 3 aromatic rings. The van der Waals surface area contributed by atoms with Gasteiger partial charge in [-0.15, -0.1) is 0 Å². The summed E-state index contributed by atoms with van der Waals surface area (Å²) in [4.78, 5) is 28.1. The van der Waals surface area contributed by atoms with Crippen molar-refractivity contribution in [1.29, 1.82) is 0 Å². The number of ketones is 1. The van der Waals surface area contributed by atoms with Crippen LogP contribution in [0.25, 0.3) is 11.0 Å². The molecule has 34 heavy (non-hydrogen) atoms. The van der Waals surface area contributed by atoms with Gasteiger partial charge in [0.2, 0.25) is 5.78 Å². The number of nitrogens with zero attached hydrogens (tertiary/aromatic N) is 1. The number of aliphatic hydroxyl groups is 1. The standard InChI is InChI=1S/C25H24ClNO7/c1-31-10-4-9-27-21(14-5-7-17(32-2)8-6-14)20(23(29)25(27)30)22(28)18-12-15-11-16(26)13-19(33-3)24(15)34-18/h5-8,11-13,21,29H,4,9-10H2,1-3H3. The molecule has 2 aromatic carbocycles. The van der Waals surface area contributed by atoms with Crippen LogP contribution in [0.4, 0.5) is 0 Å². The van der Waals surface area contributed by atoms with Gasteiger partial charge in [-0.3, -0.25) is 9.59 Å². The first-order chi connectivity index (χ1) is 16.4. The largest absolute Gasteiger partial charge is 0.503 e. The van der Waals surface area contributed by atoms with E-state index in [1.165, 1.54) is 18.1 Å². The molecule has 0 aliphatic carbocycles. The lowest BCUT2D eigenvalue weighted by atomic mass is 9.95. The van der Waals surface area contributed by atoms with Crippen molar-refractivity contribution in [2.75, 3.05) is 34.5 Å². The SMILES string of the molecule is COCCCN1C(=O)C(O)=C(C(=O)c2cc3cc(Cl)cc(OC)c3o2)C1c1ccc(OC)cc1. The van der Waals surface area contributed by atoms with E-state index in [1.807, 2.05) is 0 Å². The molecule has 1 amide bonds. The van der Waals surface area contributed by atoms with E-state index < -0.39 is 23.5 Å². The number of methoxy groups -OCH3 is 3. The quantitative estimate of drug-likeness (QED) is 0.346. The third-order valence-corrected chi connectivity index (χ3v) is 5.94. The molecule has 1 aromatic heterocycles. The van der Waals surface area contributed by atoms with Crippen LogP contribution in [-0.2, 0) is 9.53 Å². The molecule has 0 radical (unpaired) electrons. The number of benzene rings is 2. The van der Waals surface area contributed by atoms with Crippen molar-refractivity contribution >= 4 is 34.3 Å². The average molecular weight is 486 g/mol. The van der Waals surface area contributed by atoms with Crippen LogP contribution >= 0.6 is 11.6 Å². The molecule has 2 heterocycles. The second-order valence-electron chi connectivity index (χ2n) is 7.75. The van der Waals surface area contributed by atoms with Gasteiger partial charge in [0.15, 0.2) is 22.9 Å². The summed E-state index contributed by atoms with van der Waals surface area (Å²) in [5, 5.41) is 11.8. The molecule has 1 N–H and O–H groups in total. The molecular weight excluding hydrogens is 462 g/mol. The number of carbonyl (C=O) groups is 2. The van der Waals surface area contributed by atoms with Crippen LogP contribution in [0.15, 0.2) is 58.2 Å². The summed E-state index contributed by atoms with van der Waals surface area (Å²) in [6, 6.07) is 10.9. The number of ether oxygens (including phenoxy) is 3. The third-order valence-electron chi connectivity index (χ3n) is 5.72. The molecule has 0 saturated heterocycles. The van der Waals surface area contributed by atoms with Crippen LogP contribution in [0.5, 0.6) is 11.5 Å². The highest BCUT2D eigenvalue weighted by molar-refractivity contribution is 6.31. The fraction of sp³-hybridized carbons (Fsp3) is 0.280. The summed E-state index contributed by atoms with van der Waals surface area (Å²) in [6.45, 7) is 0.709. The summed E-state index contributed by atoms with van der Waals surface area (Å²) >= 11 is 6.14. The molecule has 8 nitrogen and oxygen atoms in total. The summed E-state index contributed by atoms with van der Waals surface area (Å²) < 4.78 is 21.5. The minimum Gasteiger partial charge on any atom is -0.503 e. The Balaban J connectivity index is 1.78. The third kappa shape index (κ3) is 4.22. The average Bonchev–Trinajstić information content (AvgIpc) is 3.38. The molecule has 178 valence electrons. The topological polar surface area (TPSA) is 98.4 Å². The Morgan fingerprint density at radius 1 is 1.12 bits per heavy atom. The Morgan fingerprint density at radius 3 is 2.50 bits per heavy atom. The first-order valence-corrected chi connectivity index (χ1v) is 11.0. The number of hydrogen-bond acceptors (Lipinski definition) is 7. The number of rotatable bonds is 9. The zero-order chi connectivity index (χ0) is 24.4. The summed E-state index contributed by atoms with van der Waals surface area (Å²) in [6.07, 6.45) is 0.532. The Bertz CT molecular complexity index is 1260. The number of hydrogen-bond donors (Lipinski definition) is 1. The zero-order valence-electron chi connectivity index (χ0n) is 19.0. The fourth-order valence-electron chi connectivity index (χ4n) is 4.11. The number of Topliss-reactive ketones (excluding diaryl/α,β-unsaturated/α-hetero) is 1. The van der Waals surface area contributed by atoms with Gasteiger partial charge in [-0.1, -0.05) is 23.7 Å². The van der Waals surface area contributed by atoms with Gasteiger partial charge in [-0.05, 0) is 36.2 Å². The zero-order valence-corrected chi connectivity index (χ0v) is 19.7. The lowest BCUT2D eigenvalue weighted by Gasteiger charge is -2.26. The van der Waals surface area contributed by atoms with Crippen LogP contribution in [0.1, 0.15) is 28.6 Å². The van der Waals surface area contributed by atoms with Crippen LogP contribution < -0.4 is 9.47 Å². The maximum absolute atomic E-state index is 13.6. The van der Waals surface area contributed by atoms with Crippen molar-refractivity contribution in [2.24, 2.45) is 0 Å². The predicted molar refractivity (Wildman–Crippen MR) is 126 cm³/mol. The molecule has 9 heteroatoms. The maximum Gasteiger partial charge on any atom is 0.290 e. The molecular formula is C25H24ClNO7. The van der Waals surface area contributed by atoms with Gasteiger partial charge < -0.3 is 28.6 Å². The van der Waals surface area contributed by atoms with Crippen LogP contribution in [0.3, 0.4) is 0 Å². The fourth-order valence-corrected chi connectivity index (χ4v) is 4.33. The van der Waals surface area contributed by atoms with Gasteiger partial charge in [0.1, 0.15) is 5.75 Å². The number of aliphatic hydroxyl groups excluding tert-OH is 1. The second kappa shape index (κ2) is 9.79. The molecule has 4 rings (SSSR count). The van der Waals surface area contributed by atoms with Gasteiger partial charge in [-0.25, -0.2) is 0 Å². The Labute approximate surface area is 201 Å². The van der Waals surface area contributed by atoms with E-state index in [9.17, 15) is 14.7 Å². The number of furan rings is 1. The summed E-state index contributed by atoms with van der Waals surface area (Å²) in [5.74, 6) is -0.875. The monoisotopic (exact) mass is 485 g/mol. The number of fused-ring (bicyclic) bond motifs is 1. The minimum atomic E-state index is -0.804. The van der Waals surface area contributed by atoms with Gasteiger partial charge >= 0.3 is 0 Å². The number of halogens is 1. The van der Waals surface area contributed by atoms with E-state index in [1.54, 1.807) is 50.6 Å². The van der Waals surface area contributed by atoms with Crippen LogP contribution in [0.2, 0.25) is 5.02 Å². The summed E-state index contributed by atoms with van der Waals surface area (Å²) in [5.41, 5.74) is 0.935. The lowest BCUT2D eigenvalue weighted by Crippen LogP contribution is -2.32. The molecule has 1 unspecified atom stereocenters. The highest BCUT2D eigenvalue weighted by atomic mass is 35.5. The molecule has 1 aliphatic rings. The molecule has 0 bridgehead atoms. The second-order valence-corrected chi connectivity index (χ2v) is 8.19. The summed E-state index contributed by atoms with van der Waals surface area (Å²) in [7, 11) is 4.59. The van der Waals surface area contributed by atoms with Gasteiger partial charge in [0.25, 0.3) is 5.91 Å².